The molecule has 0 saturated heterocycles. The van der Waals surface area contributed by atoms with Crippen molar-refractivity contribution in [1.29, 1.82) is 0 Å². The molecule has 30 heavy (non-hydrogen) atoms. The van der Waals surface area contributed by atoms with Gasteiger partial charge in [0.25, 0.3) is 5.91 Å². The maximum absolute atomic E-state index is 12.4. The second-order valence-corrected chi connectivity index (χ2v) is 7.33. The van der Waals surface area contributed by atoms with Crippen molar-refractivity contribution in [1.82, 2.24) is 25.5 Å². The molecule has 0 aliphatic rings. The first-order chi connectivity index (χ1) is 14.6. The van der Waals surface area contributed by atoms with Gasteiger partial charge in [-0.15, -0.1) is 5.10 Å². The van der Waals surface area contributed by atoms with Gasteiger partial charge in [-0.3, -0.25) is 9.59 Å². The monoisotopic (exact) mass is 426 g/mol. The van der Waals surface area contributed by atoms with Crippen LogP contribution in [0.1, 0.15) is 21.5 Å². The van der Waals surface area contributed by atoms with Gasteiger partial charge in [0.1, 0.15) is 0 Å². The standard InChI is InChI=1S/C20H22N6O3S/c1-26-20(23-24-25-26)30-13-18(27)22-17-9-7-14(8-10-17)19(28)21-11-15-5-3-4-6-16(15)12-29-2/h3-10H,11-13H2,1-2H3,(H,21,28)(H,22,27). The number of anilines is 1. The van der Waals surface area contributed by atoms with Crippen molar-refractivity contribution in [2.45, 2.75) is 18.3 Å². The summed E-state index contributed by atoms with van der Waals surface area (Å²) in [5, 5.41) is 17.3. The molecule has 0 radical (unpaired) electrons. The van der Waals surface area contributed by atoms with E-state index >= 15 is 0 Å². The highest BCUT2D eigenvalue weighted by Crippen LogP contribution is 2.15. The number of aromatic nitrogens is 4. The number of rotatable bonds is 9. The van der Waals surface area contributed by atoms with Crippen LogP contribution < -0.4 is 10.6 Å². The lowest BCUT2D eigenvalue weighted by atomic mass is 10.1. The van der Waals surface area contributed by atoms with Crippen LogP contribution in [0.3, 0.4) is 0 Å². The summed E-state index contributed by atoms with van der Waals surface area (Å²) in [6, 6.07) is 14.5. The van der Waals surface area contributed by atoms with E-state index in [0.717, 1.165) is 11.1 Å². The normalized spacial score (nSPS) is 10.6. The molecule has 3 rings (SSSR count). The highest BCUT2D eigenvalue weighted by molar-refractivity contribution is 7.99. The number of ether oxygens (including phenoxy) is 1. The lowest BCUT2D eigenvalue weighted by Gasteiger charge is -2.10. The Labute approximate surface area is 178 Å². The number of carbonyl (C=O) groups excluding carboxylic acids is 2. The topological polar surface area (TPSA) is 111 Å². The predicted octanol–water partition coefficient (Wildman–Crippen LogP) is 2.02. The van der Waals surface area contributed by atoms with Crippen molar-refractivity contribution in [3.8, 4) is 0 Å². The lowest BCUT2D eigenvalue weighted by Crippen LogP contribution is -2.23. The Morgan fingerprint density at radius 2 is 1.83 bits per heavy atom. The van der Waals surface area contributed by atoms with E-state index in [0.29, 0.717) is 29.6 Å². The minimum Gasteiger partial charge on any atom is -0.380 e. The first-order valence-corrected chi connectivity index (χ1v) is 10.1. The van der Waals surface area contributed by atoms with Crippen molar-refractivity contribution in [2.75, 3.05) is 18.2 Å². The molecule has 0 atom stereocenters. The zero-order chi connectivity index (χ0) is 21.3. The average Bonchev–Trinajstić information content (AvgIpc) is 3.17. The highest BCUT2D eigenvalue weighted by atomic mass is 32.2. The third-order valence-corrected chi connectivity index (χ3v) is 5.21. The quantitative estimate of drug-likeness (QED) is 0.504. The molecule has 10 heteroatoms. The number of benzene rings is 2. The number of nitrogens with one attached hydrogen (secondary N) is 2. The van der Waals surface area contributed by atoms with Crippen molar-refractivity contribution in [3.05, 3.63) is 65.2 Å². The molecule has 1 heterocycles. The van der Waals surface area contributed by atoms with Crippen LogP contribution in [0.5, 0.6) is 0 Å². The zero-order valence-corrected chi connectivity index (χ0v) is 17.5. The van der Waals surface area contributed by atoms with E-state index in [2.05, 4.69) is 26.2 Å². The van der Waals surface area contributed by atoms with Gasteiger partial charge in [0.2, 0.25) is 11.1 Å². The number of nitrogens with zero attached hydrogens (tertiary/aromatic N) is 4. The van der Waals surface area contributed by atoms with Gasteiger partial charge in [-0.05, 0) is 45.8 Å². The van der Waals surface area contributed by atoms with E-state index in [1.165, 1.54) is 16.4 Å². The Morgan fingerprint density at radius 3 is 2.50 bits per heavy atom. The number of amides is 2. The fraction of sp³-hybridized carbons (Fsp3) is 0.250. The Hall–Kier alpha value is -3.24. The van der Waals surface area contributed by atoms with Crippen molar-refractivity contribution in [3.63, 3.8) is 0 Å². The molecule has 2 amide bonds. The number of tetrazole rings is 1. The second kappa shape index (κ2) is 10.5. The summed E-state index contributed by atoms with van der Waals surface area (Å²) >= 11 is 1.24. The average molecular weight is 427 g/mol. The van der Waals surface area contributed by atoms with Crippen molar-refractivity contribution in [2.24, 2.45) is 7.05 Å². The largest absolute Gasteiger partial charge is 0.380 e. The van der Waals surface area contributed by atoms with Crippen molar-refractivity contribution >= 4 is 29.3 Å². The molecule has 0 unspecified atom stereocenters. The molecule has 3 aromatic rings. The van der Waals surface area contributed by atoms with E-state index in [1.54, 1.807) is 38.4 Å². The van der Waals surface area contributed by atoms with Crippen molar-refractivity contribution < 1.29 is 14.3 Å². The van der Waals surface area contributed by atoms with Crippen LogP contribution in [0, 0.1) is 0 Å². The molecule has 9 nitrogen and oxygen atoms in total. The van der Waals surface area contributed by atoms with E-state index in [-0.39, 0.29) is 17.6 Å². The summed E-state index contributed by atoms with van der Waals surface area (Å²) in [6.07, 6.45) is 0. The molecular formula is C20H22N6O3S. The Kier molecular flexibility index (Phi) is 7.52. The van der Waals surface area contributed by atoms with E-state index in [9.17, 15) is 9.59 Å². The summed E-state index contributed by atoms with van der Waals surface area (Å²) in [7, 11) is 3.35. The fourth-order valence-corrected chi connectivity index (χ4v) is 3.33. The molecule has 0 bridgehead atoms. The number of carbonyl (C=O) groups is 2. The van der Waals surface area contributed by atoms with E-state index in [1.807, 2.05) is 24.3 Å². The van der Waals surface area contributed by atoms with Crippen LogP contribution in [0.4, 0.5) is 5.69 Å². The third-order valence-electron chi connectivity index (χ3n) is 4.20. The molecule has 156 valence electrons. The molecule has 2 aromatic carbocycles. The molecule has 0 aliphatic carbocycles. The number of aryl methyl sites for hydroxylation is 1. The fourth-order valence-electron chi connectivity index (χ4n) is 2.68. The Balaban J connectivity index is 1.50. The van der Waals surface area contributed by atoms with Gasteiger partial charge in [-0.2, -0.15) is 0 Å². The molecule has 2 N–H and O–H groups in total. The highest BCUT2D eigenvalue weighted by Gasteiger charge is 2.10. The van der Waals surface area contributed by atoms with E-state index < -0.39 is 0 Å². The minimum atomic E-state index is -0.189. The SMILES string of the molecule is COCc1ccccc1CNC(=O)c1ccc(NC(=O)CSc2nnnn2C)cc1. The summed E-state index contributed by atoms with van der Waals surface area (Å²) < 4.78 is 6.69. The second-order valence-electron chi connectivity index (χ2n) is 6.38. The van der Waals surface area contributed by atoms with Gasteiger partial charge >= 0.3 is 0 Å². The maximum atomic E-state index is 12.4. The lowest BCUT2D eigenvalue weighted by molar-refractivity contribution is -0.113. The minimum absolute atomic E-state index is 0.178. The smallest absolute Gasteiger partial charge is 0.251 e. The summed E-state index contributed by atoms with van der Waals surface area (Å²) in [5.74, 6) is -0.197. The van der Waals surface area contributed by atoms with Gasteiger partial charge < -0.3 is 15.4 Å². The first kappa shape index (κ1) is 21.5. The number of hydrogen-bond acceptors (Lipinski definition) is 7. The van der Waals surface area contributed by atoms with Gasteiger partial charge in [-0.1, -0.05) is 36.0 Å². The zero-order valence-electron chi connectivity index (χ0n) is 16.7. The van der Waals surface area contributed by atoms with Crippen LogP contribution in [-0.4, -0.2) is 44.9 Å². The molecule has 0 spiro atoms. The third kappa shape index (κ3) is 5.88. The Morgan fingerprint density at radius 1 is 1.10 bits per heavy atom. The first-order valence-electron chi connectivity index (χ1n) is 9.16. The molecule has 1 aromatic heterocycles. The van der Waals surface area contributed by atoms with E-state index in [4.69, 9.17) is 4.74 Å². The maximum Gasteiger partial charge on any atom is 0.251 e. The molecule has 0 fully saturated rings. The summed E-state index contributed by atoms with van der Waals surface area (Å²) in [5.41, 5.74) is 3.16. The van der Waals surface area contributed by atoms with Crippen LogP contribution in [-0.2, 0) is 29.7 Å². The van der Waals surface area contributed by atoms with Gasteiger partial charge in [-0.25, -0.2) is 4.68 Å². The van der Waals surface area contributed by atoms with Crippen LogP contribution in [0.2, 0.25) is 0 Å². The summed E-state index contributed by atoms with van der Waals surface area (Å²) in [6.45, 7) is 0.900. The van der Waals surface area contributed by atoms with Crippen LogP contribution in [0.25, 0.3) is 0 Å². The molecule has 0 saturated carbocycles. The number of thioether (sulfide) groups is 1. The predicted molar refractivity (Wildman–Crippen MR) is 113 cm³/mol. The number of methoxy groups -OCH3 is 1. The molecular weight excluding hydrogens is 404 g/mol. The van der Waals surface area contributed by atoms with Gasteiger partial charge in [0.05, 0.1) is 12.4 Å². The van der Waals surface area contributed by atoms with Crippen LogP contribution in [0.15, 0.2) is 53.7 Å². The van der Waals surface area contributed by atoms with Gasteiger partial charge in [0.15, 0.2) is 0 Å². The summed E-state index contributed by atoms with van der Waals surface area (Å²) in [4.78, 5) is 24.5. The molecule has 0 aliphatic heterocycles. The van der Waals surface area contributed by atoms with Gasteiger partial charge in [0, 0.05) is 32.0 Å². The number of hydrogen-bond donors (Lipinski definition) is 2. The van der Waals surface area contributed by atoms with Crippen LogP contribution >= 0.6 is 11.8 Å². The Bertz CT molecular complexity index is 1010.